The number of hydrogen-bond acceptors (Lipinski definition) is 0. The van der Waals surface area contributed by atoms with E-state index >= 15 is 0 Å². The maximum atomic E-state index is 13.7. The Morgan fingerprint density at radius 1 is 0.952 bits per heavy atom. The summed E-state index contributed by atoms with van der Waals surface area (Å²) in [5.74, 6) is -2.72. The topological polar surface area (TPSA) is 0 Å². The lowest BCUT2D eigenvalue weighted by atomic mass is 10.0. The second-order valence-corrected chi connectivity index (χ2v) is 5.23. The van der Waals surface area contributed by atoms with Gasteiger partial charge in [0.15, 0.2) is 0 Å². The Morgan fingerprint density at radius 3 is 1.90 bits per heavy atom. The first kappa shape index (κ1) is 15.8. The highest BCUT2D eigenvalue weighted by Crippen LogP contribution is 2.37. The van der Waals surface area contributed by atoms with E-state index in [1.807, 2.05) is 19.1 Å². The largest absolute Gasteiger partial charge is 0.353 e. The van der Waals surface area contributed by atoms with Gasteiger partial charge < -0.3 is 0 Å². The molecular weight excluding hydrogens is 304 g/mol. The zero-order valence-corrected chi connectivity index (χ0v) is 12.0. The minimum absolute atomic E-state index is 0.192. The van der Waals surface area contributed by atoms with Crippen molar-refractivity contribution >= 4 is 11.6 Å². The van der Waals surface area contributed by atoms with Gasteiger partial charge in [0.1, 0.15) is 17.2 Å². The summed E-state index contributed by atoms with van der Waals surface area (Å²) in [6, 6.07) is 8.83. The zero-order chi connectivity index (χ0) is 15.6. The van der Waals surface area contributed by atoms with Crippen molar-refractivity contribution in [2.45, 2.75) is 25.1 Å². The fraction of sp³-hybridized carbons (Fsp3) is 0.250. The Hall–Kier alpha value is -1.55. The summed E-state index contributed by atoms with van der Waals surface area (Å²) in [6.07, 6.45) is 1.89. The summed E-state index contributed by atoms with van der Waals surface area (Å²) in [5.41, 5.74) is 0.427. The van der Waals surface area contributed by atoms with Crippen LogP contribution < -0.4 is 0 Å². The molecule has 2 rings (SSSR count). The molecule has 0 radical (unpaired) electrons. The Morgan fingerprint density at radius 2 is 1.48 bits per heavy atom. The van der Waals surface area contributed by atoms with E-state index in [0.717, 1.165) is 30.5 Å². The van der Waals surface area contributed by atoms with Crippen LogP contribution in [0.4, 0.5) is 17.6 Å². The van der Waals surface area contributed by atoms with Crippen molar-refractivity contribution in [3.8, 4) is 11.1 Å². The molecule has 0 nitrogen and oxygen atoms in total. The van der Waals surface area contributed by atoms with Crippen LogP contribution in [0.2, 0.25) is 0 Å². The van der Waals surface area contributed by atoms with Crippen LogP contribution in [0.3, 0.4) is 0 Å². The molecule has 0 spiro atoms. The Labute approximate surface area is 125 Å². The third-order valence-corrected chi connectivity index (χ3v) is 3.34. The fourth-order valence-electron chi connectivity index (χ4n) is 2.16. The van der Waals surface area contributed by atoms with Crippen molar-refractivity contribution in [3.05, 3.63) is 59.2 Å². The van der Waals surface area contributed by atoms with E-state index in [1.165, 1.54) is 0 Å². The molecule has 0 N–H and O–H groups in total. The van der Waals surface area contributed by atoms with Gasteiger partial charge in [-0.25, -0.2) is 8.78 Å². The van der Waals surface area contributed by atoms with Gasteiger partial charge in [-0.1, -0.05) is 37.6 Å². The molecular formula is C16H13ClF4. The number of rotatable bonds is 4. The van der Waals surface area contributed by atoms with E-state index in [9.17, 15) is 17.6 Å². The summed E-state index contributed by atoms with van der Waals surface area (Å²) in [4.78, 5) is 0. The SMILES string of the molecule is CCCc1ccc(-c2cc(F)c(C(F)(F)Cl)c(F)c2)cc1. The molecule has 21 heavy (non-hydrogen) atoms. The number of halogens is 5. The molecule has 0 saturated heterocycles. The van der Waals surface area contributed by atoms with Crippen molar-refractivity contribution in [3.63, 3.8) is 0 Å². The molecule has 0 heterocycles. The number of benzene rings is 2. The van der Waals surface area contributed by atoms with Crippen LogP contribution in [0.5, 0.6) is 0 Å². The van der Waals surface area contributed by atoms with Crippen LogP contribution in [-0.2, 0) is 11.8 Å². The first-order valence-corrected chi connectivity index (χ1v) is 6.86. The van der Waals surface area contributed by atoms with Crippen molar-refractivity contribution in [2.75, 3.05) is 0 Å². The highest BCUT2D eigenvalue weighted by Gasteiger charge is 2.35. The predicted molar refractivity (Wildman–Crippen MR) is 75.5 cm³/mol. The van der Waals surface area contributed by atoms with Gasteiger partial charge in [-0.3, -0.25) is 0 Å². The molecule has 0 aromatic heterocycles. The monoisotopic (exact) mass is 316 g/mol. The van der Waals surface area contributed by atoms with E-state index in [4.69, 9.17) is 11.6 Å². The van der Waals surface area contributed by atoms with Crippen LogP contribution in [0.15, 0.2) is 36.4 Å². The summed E-state index contributed by atoms with van der Waals surface area (Å²) >= 11 is 4.71. The number of hydrogen-bond donors (Lipinski definition) is 0. The van der Waals surface area contributed by atoms with E-state index in [2.05, 4.69) is 0 Å². The van der Waals surface area contributed by atoms with Gasteiger partial charge >= 0.3 is 5.38 Å². The quantitative estimate of drug-likeness (QED) is 0.488. The highest BCUT2D eigenvalue weighted by atomic mass is 35.5. The Kier molecular flexibility index (Phi) is 4.57. The molecule has 0 atom stereocenters. The Bertz CT molecular complexity index is 607. The first-order chi connectivity index (χ1) is 9.82. The first-order valence-electron chi connectivity index (χ1n) is 6.48. The molecule has 2 aromatic rings. The molecule has 0 unspecified atom stereocenters. The van der Waals surface area contributed by atoms with Gasteiger partial charge in [-0.15, -0.1) is 0 Å². The highest BCUT2D eigenvalue weighted by molar-refractivity contribution is 6.21. The molecule has 0 aliphatic carbocycles. The third kappa shape index (κ3) is 3.56. The lowest BCUT2D eigenvalue weighted by molar-refractivity contribution is 0.0859. The average Bonchev–Trinajstić information content (AvgIpc) is 2.37. The van der Waals surface area contributed by atoms with E-state index in [0.29, 0.717) is 5.56 Å². The summed E-state index contributed by atoms with van der Waals surface area (Å²) < 4.78 is 53.2. The van der Waals surface area contributed by atoms with Crippen LogP contribution in [0, 0.1) is 11.6 Å². The lowest BCUT2D eigenvalue weighted by Crippen LogP contribution is -2.10. The minimum atomic E-state index is -4.07. The van der Waals surface area contributed by atoms with Gasteiger partial charge in [0.25, 0.3) is 0 Å². The number of aryl methyl sites for hydroxylation is 1. The lowest BCUT2D eigenvalue weighted by Gasteiger charge is -2.12. The van der Waals surface area contributed by atoms with Gasteiger partial charge in [-0.05, 0) is 46.8 Å². The molecule has 5 heteroatoms. The average molecular weight is 317 g/mol. The van der Waals surface area contributed by atoms with E-state index in [-0.39, 0.29) is 5.56 Å². The predicted octanol–water partition coefficient (Wildman–Crippen LogP) is 5.87. The molecule has 0 aliphatic rings. The van der Waals surface area contributed by atoms with E-state index < -0.39 is 22.6 Å². The van der Waals surface area contributed by atoms with Gasteiger partial charge in [-0.2, -0.15) is 8.78 Å². The normalized spacial score (nSPS) is 11.7. The number of alkyl halides is 3. The molecule has 0 saturated carbocycles. The molecule has 2 aromatic carbocycles. The van der Waals surface area contributed by atoms with Gasteiger partial charge in [0.2, 0.25) is 0 Å². The molecule has 0 bridgehead atoms. The maximum absolute atomic E-state index is 13.7. The van der Waals surface area contributed by atoms with Gasteiger partial charge in [0, 0.05) is 0 Å². The molecule has 0 amide bonds. The minimum Gasteiger partial charge on any atom is -0.206 e. The zero-order valence-electron chi connectivity index (χ0n) is 11.3. The summed E-state index contributed by atoms with van der Waals surface area (Å²) in [7, 11) is 0. The van der Waals surface area contributed by atoms with Crippen molar-refractivity contribution < 1.29 is 17.6 Å². The fourth-order valence-corrected chi connectivity index (χ4v) is 2.34. The third-order valence-electron chi connectivity index (χ3n) is 3.15. The van der Waals surface area contributed by atoms with Crippen LogP contribution in [0.1, 0.15) is 24.5 Å². The second-order valence-electron chi connectivity index (χ2n) is 4.76. The van der Waals surface area contributed by atoms with Crippen LogP contribution in [0.25, 0.3) is 11.1 Å². The Balaban J connectivity index is 2.42. The smallest absolute Gasteiger partial charge is 0.206 e. The standard InChI is InChI=1S/C16H13ClF4/c1-2-3-10-4-6-11(7-5-10)12-8-13(18)15(14(19)9-12)16(17,20)21/h4-9H,2-3H2,1H3. The molecule has 0 aliphatic heterocycles. The summed E-state index contributed by atoms with van der Waals surface area (Å²) in [6.45, 7) is 2.05. The second kappa shape index (κ2) is 6.06. The van der Waals surface area contributed by atoms with E-state index in [1.54, 1.807) is 12.1 Å². The molecule has 0 fully saturated rings. The van der Waals surface area contributed by atoms with Gasteiger partial charge in [0.05, 0.1) is 0 Å². The van der Waals surface area contributed by atoms with Crippen LogP contribution in [-0.4, -0.2) is 0 Å². The van der Waals surface area contributed by atoms with Crippen LogP contribution >= 0.6 is 11.6 Å². The summed E-state index contributed by atoms with van der Waals surface area (Å²) in [5, 5.41) is -4.07. The molecule has 112 valence electrons. The van der Waals surface area contributed by atoms with Crippen molar-refractivity contribution in [1.29, 1.82) is 0 Å². The van der Waals surface area contributed by atoms with Crippen molar-refractivity contribution in [2.24, 2.45) is 0 Å². The maximum Gasteiger partial charge on any atom is 0.353 e. The van der Waals surface area contributed by atoms with Crippen molar-refractivity contribution in [1.82, 2.24) is 0 Å².